The minimum atomic E-state index is 1.22. The van der Waals surface area contributed by atoms with Crippen LogP contribution in [0.15, 0.2) is 170 Å². The topological polar surface area (TPSA) is 0 Å². The van der Waals surface area contributed by atoms with Crippen LogP contribution in [0.2, 0.25) is 0 Å². The van der Waals surface area contributed by atoms with E-state index in [1.165, 1.54) is 96.6 Å². The van der Waals surface area contributed by atoms with Crippen molar-refractivity contribution in [1.29, 1.82) is 0 Å². The molecule has 9 aromatic carbocycles. The minimum Gasteiger partial charge on any atom is -0.135 e. The predicted octanol–water partition coefficient (Wildman–Crippen LogP) is 13.7. The largest absolute Gasteiger partial charge is 0.135 e. The monoisotopic (exact) mass is 612 g/mol. The first-order chi connectivity index (χ1) is 23.3. The molecule has 1 aromatic heterocycles. The molecule has 10 rings (SSSR count). The highest BCUT2D eigenvalue weighted by molar-refractivity contribution is 7.26. The Hall–Kier alpha value is -5.76. The first-order valence-electron chi connectivity index (χ1n) is 16.2. The van der Waals surface area contributed by atoms with Gasteiger partial charge in [-0.2, -0.15) is 0 Å². The molecule has 0 bridgehead atoms. The highest BCUT2D eigenvalue weighted by Crippen LogP contribution is 2.43. The Morgan fingerprint density at radius 3 is 1.30 bits per heavy atom. The third kappa shape index (κ3) is 4.14. The second kappa shape index (κ2) is 10.4. The van der Waals surface area contributed by atoms with Crippen LogP contribution in [0, 0.1) is 0 Å². The second-order valence-corrected chi connectivity index (χ2v) is 13.5. The average Bonchev–Trinajstić information content (AvgIpc) is 3.53. The zero-order valence-electron chi connectivity index (χ0n) is 25.6. The van der Waals surface area contributed by atoms with Crippen LogP contribution in [0.1, 0.15) is 0 Å². The molecule has 0 atom stereocenters. The fraction of sp³-hybridized carbons (Fsp3) is 0. The lowest BCUT2D eigenvalue weighted by atomic mass is 9.91. The zero-order valence-corrected chi connectivity index (χ0v) is 26.4. The highest BCUT2D eigenvalue weighted by atomic mass is 32.1. The van der Waals surface area contributed by atoms with Gasteiger partial charge in [0.05, 0.1) is 0 Å². The Morgan fingerprint density at radius 2 is 0.681 bits per heavy atom. The Kier molecular flexibility index (Phi) is 5.85. The minimum absolute atomic E-state index is 1.22. The Bertz CT molecular complexity index is 2780. The Morgan fingerprint density at radius 1 is 0.255 bits per heavy atom. The summed E-state index contributed by atoms with van der Waals surface area (Å²) in [4.78, 5) is 0. The van der Waals surface area contributed by atoms with E-state index in [1.807, 2.05) is 11.3 Å². The van der Waals surface area contributed by atoms with E-state index in [2.05, 4.69) is 170 Å². The first-order valence-corrected chi connectivity index (χ1v) is 17.0. The van der Waals surface area contributed by atoms with Crippen LogP contribution in [0.5, 0.6) is 0 Å². The number of hydrogen-bond acceptors (Lipinski definition) is 1. The number of thiophene rings is 1. The summed E-state index contributed by atoms with van der Waals surface area (Å²) in [5.41, 5.74) is 7.45. The summed E-state index contributed by atoms with van der Waals surface area (Å²) in [6, 6.07) is 62.6. The van der Waals surface area contributed by atoms with Gasteiger partial charge in [0.15, 0.2) is 0 Å². The van der Waals surface area contributed by atoms with E-state index in [1.54, 1.807) is 0 Å². The van der Waals surface area contributed by atoms with Crippen LogP contribution in [0.25, 0.3) is 96.6 Å². The molecule has 218 valence electrons. The van der Waals surface area contributed by atoms with Crippen molar-refractivity contribution < 1.29 is 0 Å². The van der Waals surface area contributed by atoms with E-state index in [0.29, 0.717) is 0 Å². The molecule has 0 radical (unpaired) electrons. The standard InChI is InChI=1S/C46H28S/c1-2-11-36-34(9-1)35-10-3-4-12-37(35)43-27-33(25-26-39(36)43)31-19-17-29(18-20-31)30-21-23-32(24-22-30)42-28-44-40-14-7-8-16-45(40)47-46(44)41-15-6-5-13-38(41)42/h1-28H. The lowest BCUT2D eigenvalue weighted by Crippen LogP contribution is -1.86. The van der Waals surface area contributed by atoms with Gasteiger partial charge in [-0.25, -0.2) is 0 Å². The molecule has 0 aliphatic rings. The molecule has 0 unspecified atom stereocenters. The van der Waals surface area contributed by atoms with Gasteiger partial charge in [-0.1, -0.05) is 152 Å². The van der Waals surface area contributed by atoms with Gasteiger partial charge in [-0.15, -0.1) is 11.3 Å². The quantitative estimate of drug-likeness (QED) is 0.174. The van der Waals surface area contributed by atoms with Gasteiger partial charge in [0, 0.05) is 25.6 Å². The van der Waals surface area contributed by atoms with Crippen LogP contribution < -0.4 is 0 Å². The molecule has 0 amide bonds. The van der Waals surface area contributed by atoms with E-state index >= 15 is 0 Å². The van der Waals surface area contributed by atoms with Crippen molar-refractivity contribution >= 4 is 74.6 Å². The van der Waals surface area contributed by atoms with Gasteiger partial charge in [0.1, 0.15) is 0 Å². The number of hydrogen-bond donors (Lipinski definition) is 0. The summed E-state index contributed by atoms with van der Waals surface area (Å²) in [6.45, 7) is 0. The van der Waals surface area contributed by atoms with Crippen molar-refractivity contribution in [1.82, 2.24) is 0 Å². The highest BCUT2D eigenvalue weighted by Gasteiger charge is 2.14. The predicted molar refractivity (Wildman–Crippen MR) is 206 cm³/mol. The number of benzene rings is 9. The van der Waals surface area contributed by atoms with Gasteiger partial charge in [-0.05, 0) is 89.3 Å². The molecule has 0 spiro atoms. The SMILES string of the molecule is c1ccc2c(c1)sc1c3ccccc3c(-c3ccc(-c4ccc(-c5ccc6c7ccccc7c7ccccc7c6c5)cc4)cc3)cc21. The van der Waals surface area contributed by atoms with E-state index < -0.39 is 0 Å². The summed E-state index contributed by atoms with van der Waals surface area (Å²) in [5.74, 6) is 0. The van der Waals surface area contributed by atoms with Crippen molar-refractivity contribution in [3.63, 3.8) is 0 Å². The van der Waals surface area contributed by atoms with E-state index in [-0.39, 0.29) is 0 Å². The van der Waals surface area contributed by atoms with E-state index in [9.17, 15) is 0 Å². The molecule has 0 saturated heterocycles. The summed E-state index contributed by atoms with van der Waals surface area (Å²) in [6.07, 6.45) is 0. The second-order valence-electron chi connectivity index (χ2n) is 12.5. The maximum atomic E-state index is 2.40. The molecule has 0 fully saturated rings. The molecule has 0 aliphatic heterocycles. The molecular weight excluding hydrogens is 585 g/mol. The van der Waals surface area contributed by atoms with Crippen LogP contribution in [0.4, 0.5) is 0 Å². The summed E-state index contributed by atoms with van der Waals surface area (Å²) in [5, 5.41) is 13.2. The maximum Gasteiger partial charge on any atom is 0.0434 e. The van der Waals surface area contributed by atoms with Crippen LogP contribution in [0.3, 0.4) is 0 Å². The molecule has 10 aromatic rings. The molecule has 1 heteroatoms. The fourth-order valence-electron chi connectivity index (χ4n) is 7.57. The van der Waals surface area contributed by atoms with Gasteiger partial charge in [-0.3, -0.25) is 0 Å². The van der Waals surface area contributed by atoms with Crippen LogP contribution >= 0.6 is 11.3 Å². The van der Waals surface area contributed by atoms with Gasteiger partial charge in [0.25, 0.3) is 0 Å². The van der Waals surface area contributed by atoms with Gasteiger partial charge >= 0.3 is 0 Å². The first kappa shape index (κ1) is 26.5. The molecule has 0 saturated carbocycles. The zero-order chi connectivity index (χ0) is 30.9. The third-order valence-corrected chi connectivity index (χ3v) is 11.1. The lowest BCUT2D eigenvalue weighted by Gasteiger charge is -2.12. The normalized spacial score (nSPS) is 11.8. The van der Waals surface area contributed by atoms with E-state index in [0.717, 1.165) is 0 Å². The molecular formula is C46H28S. The number of fused-ring (bicyclic) bond motifs is 11. The van der Waals surface area contributed by atoms with Crippen molar-refractivity contribution in [2.45, 2.75) is 0 Å². The van der Waals surface area contributed by atoms with Crippen molar-refractivity contribution in [3.05, 3.63) is 170 Å². The average molecular weight is 613 g/mol. The molecule has 0 aliphatic carbocycles. The third-order valence-electron chi connectivity index (χ3n) is 9.88. The molecule has 1 heterocycles. The summed E-state index contributed by atoms with van der Waals surface area (Å²) >= 11 is 1.90. The Labute approximate surface area is 276 Å². The molecule has 0 nitrogen and oxygen atoms in total. The summed E-state index contributed by atoms with van der Waals surface area (Å²) in [7, 11) is 0. The van der Waals surface area contributed by atoms with Crippen LogP contribution in [-0.2, 0) is 0 Å². The van der Waals surface area contributed by atoms with E-state index in [4.69, 9.17) is 0 Å². The van der Waals surface area contributed by atoms with Crippen molar-refractivity contribution in [3.8, 4) is 33.4 Å². The Balaban J connectivity index is 1.02. The van der Waals surface area contributed by atoms with Crippen molar-refractivity contribution in [2.75, 3.05) is 0 Å². The lowest BCUT2D eigenvalue weighted by molar-refractivity contribution is 1.60. The van der Waals surface area contributed by atoms with Gasteiger partial charge < -0.3 is 0 Å². The summed E-state index contributed by atoms with van der Waals surface area (Å²) < 4.78 is 2.71. The smallest absolute Gasteiger partial charge is 0.0434 e. The van der Waals surface area contributed by atoms with Gasteiger partial charge in [0.2, 0.25) is 0 Å². The fourth-order valence-corrected chi connectivity index (χ4v) is 8.79. The molecule has 47 heavy (non-hydrogen) atoms. The van der Waals surface area contributed by atoms with Crippen molar-refractivity contribution in [2.24, 2.45) is 0 Å². The maximum absolute atomic E-state index is 2.40. The van der Waals surface area contributed by atoms with Crippen LogP contribution in [-0.4, -0.2) is 0 Å². The number of rotatable bonds is 3. The molecule has 0 N–H and O–H groups in total.